The van der Waals surface area contributed by atoms with Crippen molar-refractivity contribution < 1.29 is 4.74 Å². The van der Waals surface area contributed by atoms with Crippen LogP contribution in [0.15, 0.2) is 48.5 Å². The molecule has 1 aliphatic heterocycles. The molecule has 1 N–H and O–H groups in total. The van der Waals surface area contributed by atoms with Gasteiger partial charge < -0.3 is 10.1 Å². The van der Waals surface area contributed by atoms with Crippen LogP contribution in [-0.4, -0.2) is 12.6 Å². The van der Waals surface area contributed by atoms with E-state index in [4.69, 9.17) is 4.74 Å². The number of hydrogen-bond acceptors (Lipinski definition) is 2. The highest BCUT2D eigenvalue weighted by Crippen LogP contribution is 2.28. The van der Waals surface area contributed by atoms with Crippen LogP contribution in [0.2, 0.25) is 0 Å². The van der Waals surface area contributed by atoms with Gasteiger partial charge >= 0.3 is 0 Å². The van der Waals surface area contributed by atoms with Crippen LogP contribution in [0.25, 0.3) is 0 Å². The fourth-order valence-electron chi connectivity index (χ4n) is 2.90. The lowest BCUT2D eigenvalue weighted by molar-refractivity contribution is 0.120. The lowest BCUT2D eigenvalue weighted by atomic mass is 9.94. The standard InChI is InChI=1S/C19H22NO/c1-2-15-10-12-17(13-11-15)21-18-9-6-14-20-19(18)16-7-4-3-5-8-16/h4-5,7-8,10-13,18-20H,2,6,9,14H2,1H3. The second-order valence-electron chi connectivity index (χ2n) is 5.56. The van der Waals surface area contributed by atoms with E-state index in [2.05, 4.69) is 54.7 Å². The van der Waals surface area contributed by atoms with Crippen LogP contribution in [0.3, 0.4) is 0 Å². The largest absolute Gasteiger partial charge is 0.488 e. The Hall–Kier alpha value is -1.80. The Balaban J connectivity index is 1.75. The summed E-state index contributed by atoms with van der Waals surface area (Å²) >= 11 is 0. The van der Waals surface area contributed by atoms with Gasteiger partial charge in [-0.1, -0.05) is 43.3 Å². The molecular weight excluding hydrogens is 258 g/mol. The molecule has 0 bridgehead atoms. The van der Waals surface area contributed by atoms with Gasteiger partial charge in [0.15, 0.2) is 0 Å². The quantitative estimate of drug-likeness (QED) is 0.916. The van der Waals surface area contributed by atoms with Crippen LogP contribution in [0.4, 0.5) is 0 Å². The van der Waals surface area contributed by atoms with Crippen molar-refractivity contribution in [1.82, 2.24) is 5.32 Å². The summed E-state index contributed by atoms with van der Waals surface area (Å²) in [5.41, 5.74) is 2.63. The second-order valence-corrected chi connectivity index (χ2v) is 5.56. The van der Waals surface area contributed by atoms with Crippen molar-refractivity contribution in [2.45, 2.75) is 38.3 Å². The maximum absolute atomic E-state index is 6.25. The zero-order valence-corrected chi connectivity index (χ0v) is 12.5. The van der Waals surface area contributed by atoms with Crippen LogP contribution in [-0.2, 0) is 6.42 Å². The van der Waals surface area contributed by atoms with Crippen LogP contribution >= 0.6 is 0 Å². The minimum absolute atomic E-state index is 0.189. The van der Waals surface area contributed by atoms with E-state index in [1.165, 1.54) is 11.1 Å². The first-order valence-corrected chi connectivity index (χ1v) is 7.82. The highest BCUT2D eigenvalue weighted by molar-refractivity contribution is 5.28. The SMILES string of the molecule is CCc1ccc(OC2CCCNC2c2cc[c]cc2)cc1. The second kappa shape index (κ2) is 6.77. The molecule has 0 amide bonds. The zero-order chi connectivity index (χ0) is 14.5. The molecule has 0 saturated carbocycles. The van der Waals surface area contributed by atoms with E-state index in [0.717, 1.165) is 31.6 Å². The third-order valence-electron chi connectivity index (χ3n) is 4.12. The third kappa shape index (κ3) is 3.45. The molecule has 2 aromatic carbocycles. The van der Waals surface area contributed by atoms with Gasteiger partial charge in [0.2, 0.25) is 0 Å². The maximum Gasteiger partial charge on any atom is 0.119 e. The molecule has 1 heterocycles. The molecule has 2 atom stereocenters. The van der Waals surface area contributed by atoms with Crippen LogP contribution in [0, 0.1) is 6.07 Å². The molecule has 2 unspecified atom stereocenters. The highest BCUT2D eigenvalue weighted by Gasteiger charge is 2.27. The summed E-state index contributed by atoms with van der Waals surface area (Å²) in [5, 5.41) is 3.59. The summed E-state index contributed by atoms with van der Waals surface area (Å²) in [7, 11) is 0. The molecule has 1 saturated heterocycles. The van der Waals surface area contributed by atoms with E-state index < -0.39 is 0 Å². The first-order valence-electron chi connectivity index (χ1n) is 7.82. The van der Waals surface area contributed by atoms with Crippen molar-refractivity contribution in [2.24, 2.45) is 0 Å². The van der Waals surface area contributed by atoms with E-state index in [0.29, 0.717) is 0 Å². The first-order chi connectivity index (χ1) is 10.4. The Morgan fingerprint density at radius 2 is 1.90 bits per heavy atom. The highest BCUT2D eigenvalue weighted by atomic mass is 16.5. The van der Waals surface area contributed by atoms with Gasteiger partial charge in [0.25, 0.3) is 0 Å². The average Bonchev–Trinajstić information content (AvgIpc) is 2.57. The molecule has 2 nitrogen and oxygen atoms in total. The molecule has 0 aliphatic carbocycles. The van der Waals surface area contributed by atoms with Crippen molar-refractivity contribution >= 4 is 0 Å². The number of benzene rings is 2. The molecule has 109 valence electrons. The molecule has 3 rings (SSSR count). The van der Waals surface area contributed by atoms with E-state index in [1.54, 1.807) is 0 Å². The van der Waals surface area contributed by atoms with Gasteiger partial charge in [0.1, 0.15) is 11.9 Å². The van der Waals surface area contributed by atoms with E-state index in [-0.39, 0.29) is 12.1 Å². The fraction of sp³-hybridized carbons (Fsp3) is 0.368. The van der Waals surface area contributed by atoms with Crippen LogP contribution in [0.5, 0.6) is 5.75 Å². The maximum atomic E-state index is 6.25. The Labute approximate surface area is 127 Å². The Bertz CT molecular complexity index is 550. The molecule has 21 heavy (non-hydrogen) atoms. The van der Waals surface area contributed by atoms with Crippen LogP contribution < -0.4 is 10.1 Å². The lowest BCUT2D eigenvalue weighted by Crippen LogP contribution is -2.40. The first kappa shape index (κ1) is 14.2. The summed E-state index contributed by atoms with van der Waals surface area (Å²) in [6, 6.07) is 20.0. The average molecular weight is 280 g/mol. The number of piperidine rings is 1. The summed E-state index contributed by atoms with van der Waals surface area (Å²) in [6.45, 7) is 3.22. The van der Waals surface area contributed by atoms with Gasteiger partial charge in [0, 0.05) is 0 Å². The van der Waals surface area contributed by atoms with E-state index >= 15 is 0 Å². The number of aryl methyl sites for hydroxylation is 1. The van der Waals surface area contributed by atoms with Gasteiger partial charge in [-0.25, -0.2) is 0 Å². The number of rotatable bonds is 4. The molecule has 1 aliphatic rings. The summed E-state index contributed by atoms with van der Waals surface area (Å²) in [6.07, 6.45) is 3.50. The fourth-order valence-corrected chi connectivity index (χ4v) is 2.90. The minimum atomic E-state index is 0.189. The van der Waals surface area contributed by atoms with E-state index in [9.17, 15) is 0 Å². The molecule has 0 spiro atoms. The van der Waals surface area contributed by atoms with Crippen molar-refractivity contribution in [1.29, 1.82) is 0 Å². The predicted octanol–water partition coefficient (Wildman–Crippen LogP) is 3.92. The molecule has 0 aromatic heterocycles. The lowest BCUT2D eigenvalue weighted by Gasteiger charge is -2.33. The Morgan fingerprint density at radius 1 is 1.14 bits per heavy atom. The van der Waals surface area contributed by atoms with Crippen molar-refractivity contribution in [2.75, 3.05) is 6.54 Å². The van der Waals surface area contributed by atoms with Gasteiger partial charge in [0.05, 0.1) is 6.04 Å². The van der Waals surface area contributed by atoms with Gasteiger partial charge in [-0.15, -0.1) is 0 Å². The third-order valence-corrected chi connectivity index (χ3v) is 4.12. The normalized spacial score (nSPS) is 22.0. The Morgan fingerprint density at radius 3 is 2.62 bits per heavy atom. The molecule has 1 radical (unpaired) electrons. The zero-order valence-electron chi connectivity index (χ0n) is 12.5. The Kier molecular flexibility index (Phi) is 4.56. The minimum Gasteiger partial charge on any atom is -0.488 e. The van der Waals surface area contributed by atoms with Gasteiger partial charge in [-0.3, -0.25) is 0 Å². The van der Waals surface area contributed by atoms with Crippen LogP contribution in [0.1, 0.15) is 36.9 Å². The molecule has 1 fully saturated rings. The smallest absolute Gasteiger partial charge is 0.119 e. The summed E-state index contributed by atoms with van der Waals surface area (Å²) < 4.78 is 6.25. The van der Waals surface area contributed by atoms with Gasteiger partial charge in [-0.05, 0) is 55.1 Å². The molecular formula is C19H22NO. The molecule has 2 heteroatoms. The topological polar surface area (TPSA) is 21.3 Å². The van der Waals surface area contributed by atoms with Crippen molar-refractivity contribution in [3.05, 3.63) is 65.7 Å². The number of hydrogen-bond donors (Lipinski definition) is 1. The van der Waals surface area contributed by atoms with Crippen molar-refractivity contribution in [3.63, 3.8) is 0 Å². The number of ether oxygens (including phenoxy) is 1. The molecule has 2 aromatic rings. The predicted molar refractivity (Wildman–Crippen MR) is 85.5 cm³/mol. The van der Waals surface area contributed by atoms with E-state index in [1.807, 2.05) is 12.1 Å². The van der Waals surface area contributed by atoms with Gasteiger partial charge in [-0.2, -0.15) is 0 Å². The summed E-state index contributed by atoms with van der Waals surface area (Å²) in [4.78, 5) is 0. The number of nitrogens with one attached hydrogen (secondary N) is 1. The van der Waals surface area contributed by atoms with Crippen molar-refractivity contribution in [3.8, 4) is 5.75 Å². The monoisotopic (exact) mass is 280 g/mol. The summed E-state index contributed by atoms with van der Waals surface area (Å²) in [5.74, 6) is 0.966.